The number of allylic oxidation sites excluding steroid dienone is 3. The summed E-state index contributed by atoms with van der Waals surface area (Å²) in [7, 11) is 0. The van der Waals surface area contributed by atoms with Gasteiger partial charge < -0.3 is 0 Å². The molecule has 0 heterocycles. The molecule has 0 aliphatic carbocycles. The first kappa shape index (κ1) is 12.9. The average molecular weight is 230 g/mol. The molecule has 0 aliphatic rings. The van der Waals surface area contributed by atoms with Crippen LogP contribution >= 0.6 is 11.8 Å². The Hall–Kier alpha value is -1.21. The monoisotopic (exact) mass is 230 g/mol. The van der Waals surface area contributed by atoms with Crippen molar-refractivity contribution in [3.8, 4) is 0 Å². The van der Waals surface area contributed by atoms with Crippen molar-refractivity contribution in [3.05, 3.63) is 65.6 Å². The summed E-state index contributed by atoms with van der Waals surface area (Å²) in [5.74, 6) is 0. The summed E-state index contributed by atoms with van der Waals surface area (Å²) < 4.78 is 0. The van der Waals surface area contributed by atoms with Gasteiger partial charge in [0.1, 0.15) is 0 Å². The van der Waals surface area contributed by atoms with E-state index >= 15 is 0 Å². The summed E-state index contributed by atoms with van der Waals surface area (Å²) in [4.78, 5) is 2.52. The Bertz CT molecular complexity index is 395. The molecule has 16 heavy (non-hydrogen) atoms. The zero-order valence-corrected chi connectivity index (χ0v) is 10.8. The van der Waals surface area contributed by atoms with E-state index in [9.17, 15) is 0 Å². The molecule has 1 rings (SSSR count). The van der Waals surface area contributed by atoms with Crippen molar-refractivity contribution < 1.29 is 0 Å². The Morgan fingerprint density at radius 1 is 1.25 bits per heavy atom. The van der Waals surface area contributed by atoms with Gasteiger partial charge >= 0.3 is 0 Å². The molecule has 1 heteroatoms. The summed E-state index contributed by atoms with van der Waals surface area (Å²) in [6.07, 6.45) is 2.75. The smallest absolute Gasteiger partial charge is 0.0138 e. The van der Waals surface area contributed by atoms with Crippen LogP contribution in [0.25, 0.3) is 0 Å². The summed E-state index contributed by atoms with van der Waals surface area (Å²) in [6, 6.07) is 10.4. The molecule has 0 nitrogen and oxygen atoms in total. The lowest BCUT2D eigenvalue weighted by molar-refractivity contribution is 1.24. The fraction of sp³-hybridized carbons (Fsp3) is 0.200. The van der Waals surface area contributed by atoms with Crippen LogP contribution in [0.15, 0.2) is 70.5 Å². The fourth-order valence-electron chi connectivity index (χ4n) is 1.40. The molecule has 0 fully saturated rings. The lowest BCUT2D eigenvalue weighted by atomic mass is 10.1. The normalized spacial score (nSPS) is 9.62. The van der Waals surface area contributed by atoms with Crippen LogP contribution in [0.4, 0.5) is 0 Å². The van der Waals surface area contributed by atoms with Gasteiger partial charge in [0.2, 0.25) is 0 Å². The molecule has 84 valence electrons. The fourth-order valence-corrected chi connectivity index (χ4v) is 2.36. The van der Waals surface area contributed by atoms with Crippen molar-refractivity contribution in [2.45, 2.75) is 25.2 Å². The minimum atomic E-state index is 0.848. The molecule has 1 aromatic rings. The highest BCUT2D eigenvalue weighted by molar-refractivity contribution is 8.03. The van der Waals surface area contributed by atoms with Crippen LogP contribution in [-0.2, 0) is 0 Å². The molecule has 0 radical (unpaired) electrons. The van der Waals surface area contributed by atoms with E-state index in [1.165, 1.54) is 15.4 Å². The van der Waals surface area contributed by atoms with Crippen molar-refractivity contribution in [1.82, 2.24) is 0 Å². The Labute approximate surface area is 103 Å². The van der Waals surface area contributed by atoms with Gasteiger partial charge in [0, 0.05) is 9.80 Å². The lowest BCUT2D eigenvalue weighted by Crippen LogP contribution is -1.86. The van der Waals surface area contributed by atoms with E-state index in [4.69, 9.17) is 0 Å². The molecule has 0 saturated heterocycles. The van der Waals surface area contributed by atoms with E-state index in [2.05, 4.69) is 51.3 Å². The molecule has 0 aliphatic heterocycles. The second-order valence-electron chi connectivity index (χ2n) is 3.84. The standard InChI is InChI=1S/C15H18S/c1-5-9-13(4)15(12(2)3)16-14-10-7-6-8-11-14/h5-8,10-11H,1,4,9H2,2-3H3. The lowest BCUT2D eigenvalue weighted by Gasteiger charge is -2.11. The van der Waals surface area contributed by atoms with Crippen LogP contribution in [0.2, 0.25) is 0 Å². The van der Waals surface area contributed by atoms with Gasteiger partial charge in [-0.15, -0.1) is 6.58 Å². The van der Waals surface area contributed by atoms with Crippen LogP contribution in [0.5, 0.6) is 0 Å². The maximum atomic E-state index is 4.11. The van der Waals surface area contributed by atoms with Crippen molar-refractivity contribution >= 4 is 11.8 Å². The molecule has 0 aromatic heterocycles. The summed E-state index contributed by atoms with van der Waals surface area (Å²) in [5, 5.41) is 0. The first-order valence-corrected chi connectivity index (χ1v) is 6.16. The molecule has 0 atom stereocenters. The first-order chi connectivity index (χ1) is 7.65. The number of thioether (sulfide) groups is 1. The number of hydrogen-bond donors (Lipinski definition) is 0. The highest BCUT2D eigenvalue weighted by Gasteiger charge is 2.05. The number of rotatable bonds is 5. The van der Waals surface area contributed by atoms with Gasteiger partial charge in [-0.2, -0.15) is 0 Å². The maximum Gasteiger partial charge on any atom is 0.0138 e. The molecule has 0 saturated carbocycles. The van der Waals surface area contributed by atoms with E-state index < -0.39 is 0 Å². The molecular weight excluding hydrogens is 212 g/mol. The van der Waals surface area contributed by atoms with E-state index in [1.54, 1.807) is 11.8 Å². The van der Waals surface area contributed by atoms with Gasteiger partial charge in [-0.3, -0.25) is 0 Å². The molecule has 0 bridgehead atoms. The van der Waals surface area contributed by atoms with Crippen LogP contribution in [0, 0.1) is 0 Å². The Balaban J connectivity index is 2.86. The number of benzene rings is 1. The number of hydrogen-bond acceptors (Lipinski definition) is 1. The van der Waals surface area contributed by atoms with Crippen LogP contribution in [0.3, 0.4) is 0 Å². The first-order valence-electron chi connectivity index (χ1n) is 5.34. The van der Waals surface area contributed by atoms with Crippen LogP contribution in [-0.4, -0.2) is 0 Å². The largest absolute Gasteiger partial charge is 0.103 e. The van der Waals surface area contributed by atoms with Gasteiger partial charge in [0.25, 0.3) is 0 Å². The molecule has 0 N–H and O–H groups in total. The quantitative estimate of drug-likeness (QED) is 0.380. The zero-order chi connectivity index (χ0) is 12.0. The molecule has 0 amide bonds. The summed E-state index contributed by atoms with van der Waals surface area (Å²) in [5.41, 5.74) is 2.45. The Kier molecular flexibility index (Phi) is 5.13. The van der Waals surface area contributed by atoms with E-state index in [-0.39, 0.29) is 0 Å². The minimum absolute atomic E-state index is 0.848. The molecule has 0 spiro atoms. The van der Waals surface area contributed by atoms with Crippen LogP contribution < -0.4 is 0 Å². The Morgan fingerprint density at radius 2 is 1.88 bits per heavy atom. The van der Waals surface area contributed by atoms with Crippen molar-refractivity contribution in [3.63, 3.8) is 0 Å². The third kappa shape index (κ3) is 3.74. The maximum absolute atomic E-state index is 4.11. The topological polar surface area (TPSA) is 0 Å². The molecule has 0 unspecified atom stereocenters. The molecule has 1 aromatic carbocycles. The van der Waals surface area contributed by atoms with E-state index in [0.717, 1.165) is 12.0 Å². The molecular formula is C15H18S. The zero-order valence-electron chi connectivity index (χ0n) is 9.99. The van der Waals surface area contributed by atoms with E-state index in [0.29, 0.717) is 0 Å². The second-order valence-corrected chi connectivity index (χ2v) is 4.92. The highest BCUT2D eigenvalue weighted by atomic mass is 32.2. The van der Waals surface area contributed by atoms with Crippen LogP contribution in [0.1, 0.15) is 20.3 Å². The van der Waals surface area contributed by atoms with Crippen molar-refractivity contribution in [1.29, 1.82) is 0 Å². The predicted octanol–water partition coefficient (Wildman–Crippen LogP) is 5.20. The SMILES string of the molecule is C=CCC(=C)C(Sc1ccccc1)=C(C)C. The third-order valence-electron chi connectivity index (χ3n) is 2.13. The van der Waals surface area contributed by atoms with Gasteiger partial charge in [0.05, 0.1) is 0 Å². The van der Waals surface area contributed by atoms with Gasteiger partial charge in [-0.25, -0.2) is 0 Å². The predicted molar refractivity (Wildman–Crippen MR) is 74.6 cm³/mol. The van der Waals surface area contributed by atoms with Gasteiger partial charge in [-0.1, -0.05) is 48.2 Å². The van der Waals surface area contributed by atoms with Gasteiger partial charge in [0.15, 0.2) is 0 Å². The second kappa shape index (κ2) is 6.39. The van der Waals surface area contributed by atoms with E-state index in [1.807, 2.05) is 12.1 Å². The Morgan fingerprint density at radius 3 is 2.38 bits per heavy atom. The van der Waals surface area contributed by atoms with Crippen molar-refractivity contribution in [2.75, 3.05) is 0 Å². The third-order valence-corrected chi connectivity index (χ3v) is 3.54. The highest BCUT2D eigenvalue weighted by Crippen LogP contribution is 2.34. The minimum Gasteiger partial charge on any atom is -0.103 e. The van der Waals surface area contributed by atoms with Crippen molar-refractivity contribution in [2.24, 2.45) is 0 Å². The summed E-state index contributed by atoms with van der Waals surface area (Å²) in [6.45, 7) is 12.1. The summed E-state index contributed by atoms with van der Waals surface area (Å²) >= 11 is 1.78. The van der Waals surface area contributed by atoms with Gasteiger partial charge in [-0.05, 0) is 38.0 Å². The average Bonchev–Trinajstić information content (AvgIpc) is 2.27.